The van der Waals surface area contributed by atoms with Crippen molar-refractivity contribution in [3.63, 3.8) is 0 Å². The van der Waals surface area contributed by atoms with Crippen molar-refractivity contribution in [2.24, 2.45) is 0 Å². The van der Waals surface area contributed by atoms with Crippen molar-refractivity contribution < 1.29 is 39.6 Å². The summed E-state index contributed by atoms with van der Waals surface area (Å²) in [5, 5.41) is 31.7. The Labute approximate surface area is 245 Å². The first-order valence-electron chi connectivity index (χ1n) is 15.8. The van der Waals surface area contributed by atoms with Crippen LogP contribution in [0.25, 0.3) is 0 Å². The normalized spacial score (nSPS) is 9.70. The molecular formula is C32H64O8. The van der Waals surface area contributed by atoms with Crippen molar-refractivity contribution in [2.45, 2.75) is 182 Å². The van der Waals surface area contributed by atoms with Gasteiger partial charge in [-0.2, -0.15) is 0 Å². The number of rotatable bonds is 24. The molecule has 0 amide bonds. The molecule has 0 unspecified atom stereocenters. The number of carbonyl (C=O) groups is 4. The number of hydrogen-bond acceptors (Lipinski definition) is 4. The monoisotopic (exact) mass is 576 g/mol. The average molecular weight is 577 g/mol. The van der Waals surface area contributed by atoms with Gasteiger partial charge in [0.15, 0.2) is 0 Å². The number of hydrogen-bond donors (Lipinski definition) is 4. The van der Waals surface area contributed by atoms with Crippen LogP contribution in [0.1, 0.15) is 182 Å². The van der Waals surface area contributed by atoms with Crippen molar-refractivity contribution >= 4 is 23.9 Å². The summed E-state index contributed by atoms with van der Waals surface area (Å²) in [6.07, 6.45) is 28.7. The molecule has 0 radical (unpaired) electrons. The molecule has 0 fully saturated rings. The summed E-state index contributed by atoms with van der Waals surface area (Å²) < 4.78 is 0. The molecule has 0 aliphatic heterocycles. The van der Waals surface area contributed by atoms with Crippen molar-refractivity contribution in [2.75, 3.05) is 0 Å². The molecule has 0 saturated carbocycles. The molecule has 0 saturated heterocycles. The van der Waals surface area contributed by atoms with Crippen LogP contribution in [-0.4, -0.2) is 44.3 Å². The molecule has 8 heteroatoms. The molecule has 4 N–H and O–H groups in total. The quantitative estimate of drug-likeness (QED) is 0.0829. The van der Waals surface area contributed by atoms with Crippen molar-refractivity contribution in [1.29, 1.82) is 0 Å². The van der Waals surface area contributed by atoms with E-state index in [9.17, 15) is 9.59 Å². The second-order valence-corrected chi connectivity index (χ2v) is 10.4. The van der Waals surface area contributed by atoms with Crippen LogP contribution < -0.4 is 0 Å². The van der Waals surface area contributed by atoms with E-state index in [1.54, 1.807) is 0 Å². The van der Waals surface area contributed by atoms with Crippen LogP contribution in [0, 0.1) is 0 Å². The van der Waals surface area contributed by atoms with Crippen LogP contribution in [0.5, 0.6) is 0 Å². The first kappa shape index (κ1) is 44.9. The third-order valence-electron chi connectivity index (χ3n) is 5.99. The Morgan fingerprint density at radius 3 is 0.650 bits per heavy atom. The van der Waals surface area contributed by atoms with Crippen LogP contribution in [0.2, 0.25) is 0 Å². The molecule has 0 atom stereocenters. The van der Waals surface area contributed by atoms with Gasteiger partial charge in [0, 0.05) is 26.7 Å². The van der Waals surface area contributed by atoms with E-state index in [1.165, 1.54) is 116 Å². The summed E-state index contributed by atoms with van der Waals surface area (Å²) in [5.74, 6) is -2.98. The zero-order valence-electron chi connectivity index (χ0n) is 26.4. The molecule has 0 bridgehead atoms. The number of carboxylic acid groups (broad SMARTS) is 4. The number of aliphatic carboxylic acids is 4. The number of carboxylic acids is 4. The Hall–Kier alpha value is -2.12. The van der Waals surface area contributed by atoms with Crippen LogP contribution in [-0.2, 0) is 19.2 Å². The van der Waals surface area contributed by atoms with E-state index in [2.05, 4.69) is 13.8 Å². The summed E-state index contributed by atoms with van der Waals surface area (Å²) in [5.41, 5.74) is 0. The molecule has 0 spiro atoms. The maximum atomic E-state index is 10.3. The van der Waals surface area contributed by atoms with E-state index < -0.39 is 23.9 Å². The largest absolute Gasteiger partial charge is 0.481 e. The summed E-state index contributed by atoms with van der Waals surface area (Å²) in [4.78, 5) is 38.5. The Bertz CT molecular complexity index is 493. The van der Waals surface area contributed by atoms with E-state index in [-0.39, 0.29) is 0 Å². The fourth-order valence-corrected chi connectivity index (χ4v) is 3.88. The third kappa shape index (κ3) is 76.5. The van der Waals surface area contributed by atoms with Gasteiger partial charge in [0.1, 0.15) is 0 Å². The van der Waals surface area contributed by atoms with Gasteiger partial charge in [0.2, 0.25) is 0 Å². The van der Waals surface area contributed by atoms with E-state index >= 15 is 0 Å². The second-order valence-electron chi connectivity index (χ2n) is 10.4. The average Bonchev–Trinajstić information content (AvgIpc) is 2.85. The van der Waals surface area contributed by atoms with Crippen molar-refractivity contribution in [1.82, 2.24) is 0 Å². The summed E-state index contributed by atoms with van der Waals surface area (Å²) in [7, 11) is 0. The lowest BCUT2D eigenvalue weighted by molar-refractivity contribution is -0.138. The van der Waals surface area contributed by atoms with Gasteiger partial charge in [-0.25, -0.2) is 0 Å². The SMILES string of the molecule is CC(=O)O.CC(=O)O.CCCCCCCCCCCCCC(=O)O.CCCCCCCCCCCCCC(=O)O. The van der Waals surface area contributed by atoms with Gasteiger partial charge in [-0.3, -0.25) is 19.2 Å². The predicted molar refractivity (Wildman–Crippen MR) is 164 cm³/mol. The fourth-order valence-electron chi connectivity index (χ4n) is 3.88. The Morgan fingerprint density at radius 2 is 0.500 bits per heavy atom. The molecule has 0 aliphatic carbocycles. The third-order valence-corrected chi connectivity index (χ3v) is 5.99. The van der Waals surface area contributed by atoms with Crippen molar-refractivity contribution in [3.8, 4) is 0 Å². The first-order chi connectivity index (χ1) is 19.0. The molecule has 0 aromatic carbocycles. The predicted octanol–water partition coefficient (Wildman–Crippen LogP) is 9.73. The first-order valence-corrected chi connectivity index (χ1v) is 15.8. The minimum atomic E-state index is -0.833. The van der Waals surface area contributed by atoms with Crippen LogP contribution in [0.15, 0.2) is 0 Å². The van der Waals surface area contributed by atoms with Crippen molar-refractivity contribution in [3.05, 3.63) is 0 Å². The molecule has 0 aliphatic rings. The van der Waals surface area contributed by atoms with E-state index in [1.807, 2.05) is 0 Å². The zero-order chi connectivity index (χ0) is 31.3. The highest BCUT2D eigenvalue weighted by molar-refractivity contribution is 5.66. The van der Waals surface area contributed by atoms with E-state index in [0.29, 0.717) is 12.8 Å². The number of unbranched alkanes of at least 4 members (excludes halogenated alkanes) is 20. The highest BCUT2D eigenvalue weighted by Crippen LogP contribution is 2.12. The molecular weight excluding hydrogens is 512 g/mol. The summed E-state index contributed by atoms with van der Waals surface area (Å²) in [6, 6.07) is 0. The van der Waals surface area contributed by atoms with Gasteiger partial charge in [0.25, 0.3) is 11.9 Å². The highest BCUT2D eigenvalue weighted by atomic mass is 16.4. The van der Waals surface area contributed by atoms with Gasteiger partial charge in [-0.1, -0.05) is 142 Å². The molecule has 0 aromatic rings. The Morgan fingerprint density at radius 1 is 0.350 bits per heavy atom. The second kappa shape index (κ2) is 41.4. The lowest BCUT2D eigenvalue weighted by Crippen LogP contribution is -1.93. The maximum absolute atomic E-state index is 10.3. The topological polar surface area (TPSA) is 149 Å². The molecule has 240 valence electrons. The van der Waals surface area contributed by atoms with Crippen LogP contribution in [0.3, 0.4) is 0 Å². The highest BCUT2D eigenvalue weighted by Gasteiger charge is 1.97. The zero-order valence-corrected chi connectivity index (χ0v) is 26.4. The molecule has 8 nitrogen and oxygen atoms in total. The Balaban J connectivity index is -0.000000255. The smallest absolute Gasteiger partial charge is 0.303 e. The van der Waals surface area contributed by atoms with Gasteiger partial charge < -0.3 is 20.4 Å². The van der Waals surface area contributed by atoms with E-state index in [4.69, 9.17) is 30.0 Å². The van der Waals surface area contributed by atoms with Gasteiger partial charge in [-0.05, 0) is 12.8 Å². The van der Waals surface area contributed by atoms with Gasteiger partial charge in [-0.15, -0.1) is 0 Å². The summed E-state index contributed by atoms with van der Waals surface area (Å²) >= 11 is 0. The van der Waals surface area contributed by atoms with Gasteiger partial charge >= 0.3 is 11.9 Å². The standard InChI is InChI=1S/2C14H28O2.2C2H4O2/c2*1-2-3-4-5-6-7-8-9-10-11-12-13-14(15)16;2*1-2(3)4/h2*2-13H2,1H3,(H,15,16);2*1H3,(H,3,4). The minimum Gasteiger partial charge on any atom is -0.481 e. The molecule has 0 aromatic heterocycles. The Kier molecular flexibility index (Phi) is 46.4. The van der Waals surface area contributed by atoms with Gasteiger partial charge in [0.05, 0.1) is 0 Å². The lowest BCUT2D eigenvalue weighted by atomic mass is 10.1. The maximum Gasteiger partial charge on any atom is 0.303 e. The summed E-state index contributed by atoms with van der Waals surface area (Å²) in [6.45, 7) is 6.66. The molecule has 40 heavy (non-hydrogen) atoms. The molecule has 0 rings (SSSR count). The molecule has 0 heterocycles. The lowest BCUT2D eigenvalue weighted by Gasteiger charge is -2.01. The van der Waals surface area contributed by atoms with E-state index in [0.717, 1.165) is 39.5 Å². The van der Waals surface area contributed by atoms with Crippen LogP contribution in [0.4, 0.5) is 0 Å². The van der Waals surface area contributed by atoms with Crippen LogP contribution >= 0.6 is 0 Å². The fraction of sp³-hybridized carbons (Fsp3) is 0.875. The minimum absolute atomic E-state index is 0.344.